The third-order valence-electron chi connectivity index (χ3n) is 1.37. The van der Waals surface area contributed by atoms with E-state index in [1.54, 1.807) is 0 Å². The van der Waals surface area contributed by atoms with Gasteiger partial charge in [0.25, 0.3) is 0 Å². The zero-order valence-corrected chi connectivity index (χ0v) is 6.22. The summed E-state index contributed by atoms with van der Waals surface area (Å²) in [5, 5.41) is 3.16. The molecule has 0 heterocycles. The summed E-state index contributed by atoms with van der Waals surface area (Å²) < 4.78 is 0. The summed E-state index contributed by atoms with van der Waals surface area (Å²) in [6.45, 7) is 2.74. The minimum atomic E-state index is 0.612. The molecule has 0 spiro atoms. The zero-order valence-electron chi connectivity index (χ0n) is 6.22. The first-order valence-corrected chi connectivity index (χ1v) is 3.64. The third-order valence-corrected chi connectivity index (χ3v) is 1.37. The Balaban J connectivity index is 2.24. The van der Waals surface area contributed by atoms with E-state index in [4.69, 9.17) is 5.84 Å². The van der Waals surface area contributed by atoms with Gasteiger partial charge in [0.2, 0.25) is 5.96 Å². The first-order chi connectivity index (χ1) is 4.86. The van der Waals surface area contributed by atoms with Crippen LogP contribution in [0.15, 0.2) is 4.99 Å². The lowest BCUT2D eigenvalue weighted by molar-refractivity contribution is 0.826. The normalized spacial score (nSPS) is 18.8. The second-order valence-corrected chi connectivity index (χ2v) is 2.39. The molecule has 4 heteroatoms. The van der Waals surface area contributed by atoms with Crippen molar-refractivity contribution in [3.05, 3.63) is 0 Å². The van der Waals surface area contributed by atoms with Crippen molar-refractivity contribution in [2.75, 3.05) is 6.54 Å². The maximum atomic E-state index is 5.19. The molecule has 1 fully saturated rings. The fourth-order valence-corrected chi connectivity index (χ4v) is 0.712. The smallest absolute Gasteiger partial charge is 0.205 e. The molecule has 4 nitrogen and oxygen atoms in total. The number of hydrogen-bond acceptors (Lipinski definition) is 2. The predicted octanol–water partition coefficient (Wildman–Crippen LogP) is -0.422. The SMILES string of the molecule is CCN=C(NN)NC1CC1. The summed E-state index contributed by atoms with van der Waals surface area (Å²) in [4.78, 5) is 4.09. The van der Waals surface area contributed by atoms with Gasteiger partial charge in [-0.2, -0.15) is 0 Å². The molecule has 58 valence electrons. The highest BCUT2D eigenvalue weighted by Gasteiger charge is 2.21. The minimum absolute atomic E-state index is 0.612. The van der Waals surface area contributed by atoms with Crippen LogP contribution in [-0.4, -0.2) is 18.5 Å². The summed E-state index contributed by atoms with van der Waals surface area (Å²) in [7, 11) is 0. The third kappa shape index (κ3) is 2.23. The number of guanidine groups is 1. The van der Waals surface area contributed by atoms with Crippen LogP contribution >= 0.6 is 0 Å². The van der Waals surface area contributed by atoms with Crippen molar-refractivity contribution in [1.29, 1.82) is 0 Å². The number of nitrogens with one attached hydrogen (secondary N) is 2. The standard InChI is InChI=1S/C6H14N4/c1-2-8-6(10-7)9-5-3-4-5/h5H,2-4,7H2,1H3,(H2,8,9,10). The topological polar surface area (TPSA) is 62.4 Å². The summed E-state index contributed by atoms with van der Waals surface area (Å²) in [5.74, 6) is 5.90. The van der Waals surface area contributed by atoms with Crippen LogP contribution in [0.4, 0.5) is 0 Å². The van der Waals surface area contributed by atoms with E-state index in [-0.39, 0.29) is 0 Å². The van der Waals surface area contributed by atoms with Crippen molar-refractivity contribution < 1.29 is 0 Å². The van der Waals surface area contributed by atoms with Gasteiger partial charge in [0, 0.05) is 12.6 Å². The van der Waals surface area contributed by atoms with E-state index < -0.39 is 0 Å². The molecular formula is C6H14N4. The van der Waals surface area contributed by atoms with Gasteiger partial charge in [-0.1, -0.05) is 0 Å². The van der Waals surface area contributed by atoms with Crippen LogP contribution in [0.2, 0.25) is 0 Å². The molecule has 0 radical (unpaired) electrons. The second kappa shape index (κ2) is 3.41. The van der Waals surface area contributed by atoms with Gasteiger partial charge in [0.1, 0.15) is 0 Å². The van der Waals surface area contributed by atoms with Crippen molar-refractivity contribution in [2.24, 2.45) is 10.8 Å². The molecule has 0 aliphatic heterocycles. The van der Waals surface area contributed by atoms with Gasteiger partial charge in [-0.3, -0.25) is 10.4 Å². The number of nitrogens with zero attached hydrogens (tertiary/aromatic N) is 1. The van der Waals surface area contributed by atoms with E-state index in [9.17, 15) is 0 Å². The van der Waals surface area contributed by atoms with E-state index >= 15 is 0 Å². The summed E-state index contributed by atoms with van der Waals surface area (Å²) in [6.07, 6.45) is 2.48. The highest BCUT2D eigenvalue weighted by molar-refractivity contribution is 5.79. The fourth-order valence-electron chi connectivity index (χ4n) is 0.712. The first-order valence-electron chi connectivity index (χ1n) is 3.64. The number of hydrogen-bond donors (Lipinski definition) is 3. The molecule has 1 saturated carbocycles. The zero-order chi connectivity index (χ0) is 7.40. The van der Waals surface area contributed by atoms with E-state index in [0.29, 0.717) is 12.0 Å². The van der Waals surface area contributed by atoms with Gasteiger partial charge in [-0.15, -0.1) is 0 Å². The Morgan fingerprint density at radius 1 is 1.70 bits per heavy atom. The summed E-state index contributed by atoms with van der Waals surface area (Å²) in [5.41, 5.74) is 2.51. The van der Waals surface area contributed by atoms with Gasteiger partial charge in [-0.05, 0) is 19.8 Å². The van der Waals surface area contributed by atoms with Crippen molar-refractivity contribution in [2.45, 2.75) is 25.8 Å². The largest absolute Gasteiger partial charge is 0.353 e. The van der Waals surface area contributed by atoms with Gasteiger partial charge in [-0.25, -0.2) is 5.84 Å². The highest BCUT2D eigenvalue weighted by atomic mass is 15.3. The van der Waals surface area contributed by atoms with E-state index in [0.717, 1.165) is 6.54 Å². The Labute approximate surface area is 60.9 Å². The van der Waals surface area contributed by atoms with Gasteiger partial charge in [0.05, 0.1) is 0 Å². The second-order valence-electron chi connectivity index (χ2n) is 2.39. The molecule has 0 bridgehead atoms. The molecule has 1 aliphatic carbocycles. The van der Waals surface area contributed by atoms with Crippen LogP contribution in [0.1, 0.15) is 19.8 Å². The molecule has 0 amide bonds. The predicted molar refractivity (Wildman–Crippen MR) is 41.5 cm³/mol. The van der Waals surface area contributed by atoms with E-state index in [1.807, 2.05) is 6.92 Å². The Bertz CT molecular complexity index is 128. The van der Waals surface area contributed by atoms with Crippen molar-refractivity contribution in [3.8, 4) is 0 Å². The van der Waals surface area contributed by atoms with E-state index in [1.165, 1.54) is 12.8 Å². The Morgan fingerprint density at radius 2 is 2.40 bits per heavy atom. The van der Waals surface area contributed by atoms with Crippen LogP contribution < -0.4 is 16.6 Å². The van der Waals surface area contributed by atoms with E-state index in [2.05, 4.69) is 15.7 Å². The molecule has 1 rings (SSSR count). The molecule has 1 aliphatic rings. The molecule has 0 aromatic carbocycles. The Hall–Kier alpha value is -0.770. The average Bonchev–Trinajstić information content (AvgIpc) is 2.71. The number of aliphatic imine (C=N–C) groups is 1. The monoisotopic (exact) mass is 142 g/mol. The van der Waals surface area contributed by atoms with Crippen LogP contribution in [0.3, 0.4) is 0 Å². The van der Waals surface area contributed by atoms with Crippen LogP contribution in [0.25, 0.3) is 0 Å². The first kappa shape index (κ1) is 7.34. The molecule has 0 atom stereocenters. The highest BCUT2D eigenvalue weighted by Crippen LogP contribution is 2.17. The van der Waals surface area contributed by atoms with Crippen molar-refractivity contribution >= 4 is 5.96 Å². The molecule has 0 aromatic heterocycles. The molecule has 10 heavy (non-hydrogen) atoms. The Morgan fingerprint density at radius 3 is 2.80 bits per heavy atom. The average molecular weight is 142 g/mol. The lowest BCUT2D eigenvalue weighted by Crippen LogP contribution is -2.42. The maximum Gasteiger partial charge on any atom is 0.205 e. The van der Waals surface area contributed by atoms with Crippen LogP contribution in [0, 0.1) is 0 Å². The van der Waals surface area contributed by atoms with Gasteiger partial charge < -0.3 is 5.32 Å². The van der Waals surface area contributed by atoms with Gasteiger partial charge in [0.15, 0.2) is 0 Å². The molecule has 0 aromatic rings. The van der Waals surface area contributed by atoms with Crippen LogP contribution in [0.5, 0.6) is 0 Å². The van der Waals surface area contributed by atoms with Gasteiger partial charge >= 0.3 is 0 Å². The lowest BCUT2D eigenvalue weighted by atomic mass is 10.7. The molecule has 0 saturated heterocycles. The quantitative estimate of drug-likeness (QED) is 0.212. The Kier molecular flexibility index (Phi) is 2.50. The fraction of sp³-hybridized carbons (Fsp3) is 0.833. The van der Waals surface area contributed by atoms with Crippen LogP contribution in [-0.2, 0) is 0 Å². The minimum Gasteiger partial charge on any atom is -0.353 e. The lowest BCUT2D eigenvalue weighted by Gasteiger charge is -2.05. The molecule has 4 N–H and O–H groups in total. The summed E-state index contributed by atoms with van der Waals surface area (Å²) in [6, 6.07) is 0.612. The molecule has 0 unspecified atom stereocenters. The number of rotatable bonds is 2. The number of nitrogens with two attached hydrogens (primary N) is 1. The molecular weight excluding hydrogens is 128 g/mol. The van der Waals surface area contributed by atoms with Crippen molar-refractivity contribution in [3.63, 3.8) is 0 Å². The number of hydrazine groups is 1. The van der Waals surface area contributed by atoms with Crippen molar-refractivity contribution in [1.82, 2.24) is 10.7 Å². The maximum absolute atomic E-state index is 5.19. The summed E-state index contributed by atoms with van der Waals surface area (Å²) >= 11 is 0.